The third kappa shape index (κ3) is 66.4. The lowest BCUT2D eigenvalue weighted by Gasteiger charge is -2.15. The number of aliphatic hydroxyl groups is 1. The Morgan fingerprint density at radius 2 is 0.513 bits per heavy atom. The molecule has 0 rings (SSSR count). The van der Waals surface area contributed by atoms with Gasteiger partial charge in [-0.15, -0.1) is 0 Å². The maximum atomic E-state index is 12.3. The lowest BCUT2D eigenvalue weighted by atomic mass is 10.0. The number of rotatable bonds is 66. The minimum absolute atomic E-state index is 0.0636. The molecular formula is C73H136O5. The van der Waals surface area contributed by atoms with Crippen LogP contribution in [-0.4, -0.2) is 36.4 Å². The second-order valence-electron chi connectivity index (χ2n) is 24.0. The molecule has 1 atom stereocenters. The molecule has 0 aromatic carbocycles. The summed E-state index contributed by atoms with van der Waals surface area (Å²) < 4.78 is 10.8. The van der Waals surface area contributed by atoms with Gasteiger partial charge in [0, 0.05) is 12.8 Å². The summed E-state index contributed by atoms with van der Waals surface area (Å²) in [4.78, 5) is 24.6. The topological polar surface area (TPSA) is 72.8 Å². The van der Waals surface area contributed by atoms with E-state index in [0.29, 0.717) is 12.8 Å². The van der Waals surface area contributed by atoms with Crippen molar-refractivity contribution in [1.82, 2.24) is 0 Å². The molecule has 0 heterocycles. The van der Waals surface area contributed by atoms with Crippen molar-refractivity contribution in [3.8, 4) is 0 Å². The van der Waals surface area contributed by atoms with Crippen molar-refractivity contribution in [2.75, 3.05) is 13.2 Å². The van der Waals surface area contributed by atoms with Gasteiger partial charge in [0.1, 0.15) is 6.61 Å². The van der Waals surface area contributed by atoms with Gasteiger partial charge in [-0.05, 0) is 77.0 Å². The van der Waals surface area contributed by atoms with Crippen LogP contribution >= 0.6 is 0 Å². The number of ether oxygens (including phenoxy) is 2. The minimum atomic E-state index is -0.775. The van der Waals surface area contributed by atoms with Crippen LogP contribution in [0.15, 0.2) is 48.6 Å². The van der Waals surface area contributed by atoms with E-state index in [1.165, 1.54) is 308 Å². The number of hydrogen-bond acceptors (Lipinski definition) is 5. The molecule has 0 aliphatic rings. The number of hydrogen-bond donors (Lipinski definition) is 1. The molecule has 1 N–H and O–H groups in total. The zero-order valence-corrected chi connectivity index (χ0v) is 52.7. The van der Waals surface area contributed by atoms with Gasteiger partial charge >= 0.3 is 11.9 Å². The highest BCUT2D eigenvalue weighted by Crippen LogP contribution is 2.19. The van der Waals surface area contributed by atoms with Gasteiger partial charge in [0.2, 0.25) is 0 Å². The van der Waals surface area contributed by atoms with Crippen LogP contribution in [-0.2, 0) is 19.1 Å². The molecule has 5 nitrogen and oxygen atoms in total. The smallest absolute Gasteiger partial charge is 0.306 e. The molecular weight excluding hydrogens is 957 g/mol. The molecule has 0 fully saturated rings. The summed E-state index contributed by atoms with van der Waals surface area (Å²) in [5, 5.41) is 9.69. The van der Waals surface area contributed by atoms with Crippen molar-refractivity contribution in [2.24, 2.45) is 0 Å². The van der Waals surface area contributed by atoms with E-state index in [0.717, 1.165) is 51.4 Å². The molecule has 78 heavy (non-hydrogen) atoms. The third-order valence-electron chi connectivity index (χ3n) is 16.1. The molecule has 0 aromatic rings. The molecule has 0 saturated carbocycles. The van der Waals surface area contributed by atoms with Crippen molar-refractivity contribution in [2.45, 2.75) is 392 Å². The molecule has 0 aliphatic carbocycles. The summed E-state index contributed by atoms with van der Waals surface area (Å²) in [7, 11) is 0. The highest BCUT2D eigenvalue weighted by Gasteiger charge is 2.16. The summed E-state index contributed by atoms with van der Waals surface area (Å²) in [6.07, 6.45) is 93.0. The first-order chi connectivity index (χ1) is 38.6. The summed E-state index contributed by atoms with van der Waals surface area (Å²) in [6.45, 7) is 4.18. The van der Waals surface area contributed by atoms with Crippen molar-refractivity contribution in [1.29, 1.82) is 0 Å². The van der Waals surface area contributed by atoms with Crippen LogP contribution < -0.4 is 0 Å². The highest BCUT2D eigenvalue weighted by atomic mass is 16.6. The Kier molecular flexibility index (Phi) is 67.2. The van der Waals surface area contributed by atoms with Crippen LogP contribution in [0.25, 0.3) is 0 Å². The SMILES string of the molecule is CCCCCCC/C=C\C/C=C\C/C=C\CCCCCCCCCCCCC(=O)OC(CO)COC(=O)CCCCCCCCCCCCCCCCCCCCCCCCCCCCC/C=C\CCCCCCCCCC. The molecule has 458 valence electrons. The molecule has 0 aromatic heterocycles. The average molecular weight is 1090 g/mol. The van der Waals surface area contributed by atoms with Crippen molar-refractivity contribution in [3.05, 3.63) is 48.6 Å². The summed E-state index contributed by atoms with van der Waals surface area (Å²) in [5.41, 5.74) is 0. The molecule has 0 spiro atoms. The second-order valence-corrected chi connectivity index (χ2v) is 24.0. The Labute approximate surface area is 488 Å². The number of esters is 2. The van der Waals surface area contributed by atoms with E-state index in [9.17, 15) is 14.7 Å². The van der Waals surface area contributed by atoms with Gasteiger partial charge in [-0.2, -0.15) is 0 Å². The maximum absolute atomic E-state index is 12.3. The van der Waals surface area contributed by atoms with Gasteiger partial charge in [0.05, 0.1) is 6.61 Å². The normalized spacial score (nSPS) is 12.4. The first-order valence-corrected chi connectivity index (χ1v) is 35.2. The van der Waals surface area contributed by atoms with E-state index in [4.69, 9.17) is 9.47 Å². The fraction of sp³-hybridized carbons (Fsp3) is 0.863. The number of carbonyl (C=O) groups excluding carboxylic acids is 2. The standard InChI is InChI=1S/C73H136O5/c1-3-5-7-9-11-13-15-17-19-21-23-25-27-29-30-31-32-33-34-35-36-37-38-39-40-41-42-44-45-47-49-51-53-55-57-59-61-63-65-67-72(75)77-70-71(69-74)78-73(76)68-66-64-62-60-58-56-54-52-50-48-46-43-28-26-24-22-20-18-16-14-12-10-8-6-4-2/h16,18,21-24,28,43,71,74H,3-15,17,19-20,25-27,29-42,44-70H2,1-2H3/b18-16-,23-21-,24-22-,43-28-. The van der Waals surface area contributed by atoms with E-state index in [1.807, 2.05) is 0 Å². The largest absolute Gasteiger partial charge is 0.462 e. The average Bonchev–Trinajstić information content (AvgIpc) is 3.44. The summed E-state index contributed by atoms with van der Waals surface area (Å²) in [5.74, 6) is -0.576. The van der Waals surface area contributed by atoms with Crippen LogP contribution in [0.5, 0.6) is 0 Å². The fourth-order valence-electron chi connectivity index (χ4n) is 10.8. The van der Waals surface area contributed by atoms with Crippen LogP contribution in [0, 0.1) is 0 Å². The predicted octanol–water partition coefficient (Wildman–Crippen LogP) is 24.3. The molecule has 0 bridgehead atoms. The van der Waals surface area contributed by atoms with Gasteiger partial charge in [-0.25, -0.2) is 0 Å². The highest BCUT2D eigenvalue weighted by molar-refractivity contribution is 5.70. The first-order valence-electron chi connectivity index (χ1n) is 35.2. The Morgan fingerprint density at radius 1 is 0.295 bits per heavy atom. The predicted molar refractivity (Wildman–Crippen MR) is 344 cm³/mol. The molecule has 0 aliphatic heterocycles. The van der Waals surface area contributed by atoms with Crippen molar-refractivity contribution >= 4 is 11.9 Å². The molecule has 0 saturated heterocycles. The van der Waals surface area contributed by atoms with Crippen LogP contribution in [0.4, 0.5) is 0 Å². The van der Waals surface area contributed by atoms with Crippen LogP contribution in [0.3, 0.4) is 0 Å². The third-order valence-corrected chi connectivity index (χ3v) is 16.1. The fourth-order valence-corrected chi connectivity index (χ4v) is 10.8. The van der Waals surface area contributed by atoms with Crippen LogP contribution in [0.2, 0.25) is 0 Å². The lowest BCUT2D eigenvalue weighted by molar-refractivity contribution is -0.161. The summed E-state index contributed by atoms with van der Waals surface area (Å²) >= 11 is 0. The Hall–Kier alpha value is -2.14. The first kappa shape index (κ1) is 75.9. The molecule has 1 unspecified atom stereocenters. The van der Waals surface area contributed by atoms with E-state index in [-0.39, 0.29) is 25.2 Å². The Balaban J connectivity index is 3.39. The Morgan fingerprint density at radius 3 is 0.782 bits per heavy atom. The van der Waals surface area contributed by atoms with E-state index >= 15 is 0 Å². The zero-order valence-electron chi connectivity index (χ0n) is 52.7. The van der Waals surface area contributed by atoms with Gasteiger partial charge in [0.25, 0.3) is 0 Å². The van der Waals surface area contributed by atoms with Gasteiger partial charge in [-0.1, -0.05) is 345 Å². The lowest BCUT2D eigenvalue weighted by Crippen LogP contribution is -2.28. The summed E-state index contributed by atoms with van der Waals surface area (Å²) in [6, 6.07) is 0. The quantitative estimate of drug-likeness (QED) is 0.0373. The Bertz CT molecular complexity index is 1280. The number of aliphatic hydroxyl groups excluding tert-OH is 1. The van der Waals surface area contributed by atoms with Gasteiger partial charge in [0.15, 0.2) is 6.10 Å². The zero-order chi connectivity index (χ0) is 56.2. The van der Waals surface area contributed by atoms with E-state index in [1.54, 1.807) is 0 Å². The monoisotopic (exact) mass is 1090 g/mol. The van der Waals surface area contributed by atoms with Crippen molar-refractivity contribution < 1.29 is 24.2 Å². The minimum Gasteiger partial charge on any atom is -0.462 e. The second kappa shape index (κ2) is 69.1. The van der Waals surface area contributed by atoms with Gasteiger partial charge < -0.3 is 14.6 Å². The van der Waals surface area contributed by atoms with Crippen molar-refractivity contribution in [3.63, 3.8) is 0 Å². The van der Waals surface area contributed by atoms with E-state index < -0.39 is 6.10 Å². The van der Waals surface area contributed by atoms with Gasteiger partial charge in [-0.3, -0.25) is 9.59 Å². The molecule has 0 amide bonds. The van der Waals surface area contributed by atoms with E-state index in [2.05, 4.69) is 62.5 Å². The maximum Gasteiger partial charge on any atom is 0.306 e. The van der Waals surface area contributed by atoms with Crippen LogP contribution in [0.1, 0.15) is 386 Å². The molecule has 0 radical (unpaired) electrons. The number of unbranched alkanes of at least 4 members (excludes halogenated alkanes) is 50. The molecule has 5 heteroatoms. The number of allylic oxidation sites excluding steroid dienone is 8. The number of carbonyl (C=O) groups is 2.